The fourth-order valence-corrected chi connectivity index (χ4v) is 4.36. The van der Waals surface area contributed by atoms with Crippen LogP contribution in [-0.4, -0.2) is 96.4 Å². The quantitative estimate of drug-likeness (QED) is 0.658. The molecule has 3 aliphatic heterocycles. The number of carbonyl (C=O) groups is 2. The van der Waals surface area contributed by atoms with Crippen molar-refractivity contribution in [2.75, 3.05) is 52.4 Å². The lowest BCUT2D eigenvalue weighted by Gasteiger charge is -2.41. The Morgan fingerprint density at radius 3 is 2.19 bits per heavy atom. The van der Waals surface area contributed by atoms with E-state index in [1.807, 2.05) is 11.8 Å². The summed E-state index contributed by atoms with van der Waals surface area (Å²) in [6, 6.07) is 0.665. The fraction of sp³-hybridized carbons (Fsp3) is 0.889. The summed E-state index contributed by atoms with van der Waals surface area (Å²) in [5.41, 5.74) is 0. The van der Waals surface area contributed by atoms with Crippen LogP contribution in [0.15, 0.2) is 0 Å². The minimum absolute atomic E-state index is 0.00261. The van der Waals surface area contributed by atoms with Crippen LogP contribution in [0.3, 0.4) is 0 Å². The summed E-state index contributed by atoms with van der Waals surface area (Å²) in [6.45, 7) is 9.11. The Morgan fingerprint density at radius 1 is 1.00 bits per heavy atom. The van der Waals surface area contributed by atoms with Crippen molar-refractivity contribution in [3.63, 3.8) is 0 Å². The molecule has 3 saturated heterocycles. The lowest BCUT2D eigenvalue weighted by Crippen LogP contribution is -2.58. The van der Waals surface area contributed by atoms with Crippen LogP contribution in [0.1, 0.15) is 32.6 Å². The van der Waals surface area contributed by atoms with Crippen LogP contribution in [0.25, 0.3) is 0 Å². The van der Waals surface area contributed by atoms with Gasteiger partial charge < -0.3 is 20.6 Å². The minimum atomic E-state index is -0.701. The van der Waals surface area contributed by atoms with Gasteiger partial charge in [-0.3, -0.25) is 14.6 Å². The molecule has 0 aromatic carbocycles. The molecular weight excluding hydrogens is 334 g/mol. The molecule has 0 bridgehead atoms. The first-order valence-electron chi connectivity index (χ1n) is 10.0. The summed E-state index contributed by atoms with van der Waals surface area (Å²) in [5.74, 6) is -0.940. The van der Waals surface area contributed by atoms with Gasteiger partial charge in [0.15, 0.2) is 0 Å². The molecule has 0 saturated carbocycles. The number of carboxylic acid groups (broad SMARTS) is 1. The van der Waals surface area contributed by atoms with Gasteiger partial charge in [-0.15, -0.1) is 0 Å². The van der Waals surface area contributed by atoms with Crippen LogP contribution in [0.4, 0.5) is 4.79 Å². The summed E-state index contributed by atoms with van der Waals surface area (Å²) in [6.07, 6.45) is 3.67. The average Bonchev–Trinajstić information content (AvgIpc) is 2.68. The van der Waals surface area contributed by atoms with Gasteiger partial charge in [-0.2, -0.15) is 0 Å². The third-order valence-corrected chi connectivity index (χ3v) is 6.19. The molecule has 0 aromatic rings. The Balaban J connectivity index is 1.39. The number of nitrogens with zero attached hydrogens (tertiary/aromatic N) is 3. The van der Waals surface area contributed by atoms with Crippen LogP contribution in [0.2, 0.25) is 0 Å². The molecule has 0 aliphatic carbocycles. The van der Waals surface area contributed by atoms with E-state index in [-0.39, 0.29) is 18.1 Å². The summed E-state index contributed by atoms with van der Waals surface area (Å²) < 4.78 is 0. The number of urea groups is 1. The van der Waals surface area contributed by atoms with E-state index in [0.717, 1.165) is 52.4 Å². The van der Waals surface area contributed by atoms with Gasteiger partial charge in [0.05, 0.1) is 12.1 Å². The van der Waals surface area contributed by atoms with Crippen LogP contribution in [0.5, 0.6) is 0 Å². The zero-order valence-corrected chi connectivity index (χ0v) is 15.8. The molecule has 3 heterocycles. The van der Waals surface area contributed by atoms with Crippen LogP contribution in [-0.2, 0) is 4.79 Å². The highest BCUT2D eigenvalue weighted by molar-refractivity contribution is 5.74. The zero-order chi connectivity index (χ0) is 18.5. The SMILES string of the molecule is CC(NC(=O)N1CCN(C2CCNCC2)CC1)N1CCC(C(=O)O)CC1. The molecule has 3 N–H and O–H groups in total. The number of piperidine rings is 2. The van der Waals surface area contributed by atoms with Gasteiger partial charge in [-0.1, -0.05) is 0 Å². The first kappa shape index (κ1) is 19.4. The second kappa shape index (κ2) is 9.01. The highest BCUT2D eigenvalue weighted by Crippen LogP contribution is 2.19. The number of carbonyl (C=O) groups excluding carboxylic acids is 1. The maximum Gasteiger partial charge on any atom is 0.318 e. The van der Waals surface area contributed by atoms with Gasteiger partial charge in [-0.05, 0) is 45.7 Å². The maximum absolute atomic E-state index is 12.6. The molecule has 3 rings (SSSR count). The first-order chi connectivity index (χ1) is 12.5. The van der Waals surface area contributed by atoms with Gasteiger partial charge >= 0.3 is 12.0 Å². The van der Waals surface area contributed by atoms with Crippen molar-refractivity contribution in [3.05, 3.63) is 0 Å². The Hall–Kier alpha value is -1.38. The third-order valence-electron chi connectivity index (χ3n) is 6.19. The molecule has 0 radical (unpaired) electrons. The van der Waals surface area contributed by atoms with Gasteiger partial charge in [-0.25, -0.2) is 4.79 Å². The first-order valence-corrected chi connectivity index (χ1v) is 10.0. The monoisotopic (exact) mass is 367 g/mol. The Kier molecular flexibility index (Phi) is 6.72. The van der Waals surface area contributed by atoms with E-state index < -0.39 is 5.97 Å². The summed E-state index contributed by atoms with van der Waals surface area (Å²) >= 11 is 0. The van der Waals surface area contributed by atoms with Gasteiger partial charge in [0, 0.05) is 45.3 Å². The predicted molar refractivity (Wildman–Crippen MR) is 99.0 cm³/mol. The summed E-state index contributed by atoms with van der Waals surface area (Å²) in [5, 5.41) is 15.6. The largest absolute Gasteiger partial charge is 0.481 e. The van der Waals surface area contributed by atoms with Crippen molar-refractivity contribution in [2.24, 2.45) is 5.92 Å². The van der Waals surface area contributed by atoms with Crippen molar-refractivity contribution in [1.82, 2.24) is 25.3 Å². The average molecular weight is 367 g/mol. The number of likely N-dealkylation sites (tertiary alicyclic amines) is 1. The number of hydrogen-bond acceptors (Lipinski definition) is 5. The topological polar surface area (TPSA) is 88.2 Å². The Bertz CT molecular complexity index is 481. The molecule has 1 atom stereocenters. The summed E-state index contributed by atoms with van der Waals surface area (Å²) in [7, 11) is 0. The molecular formula is C18H33N5O3. The minimum Gasteiger partial charge on any atom is -0.481 e. The zero-order valence-electron chi connectivity index (χ0n) is 15.8. The van der Waals surface area contributed by atoms with E-state index >= 15 is 0 Å². The van der Waals surface area contributed by atoms with Crippen LogP contribution < -0.4 is 10.6 Å². The molecule has 0 spiro atoms. The van der Waals surface area contributed by atoms with Gasteiger partial charge in [0.25, 0.3) is 0 Å². The van der Waals surface area contributed by atoms with E-state index in [1.165, 1.54) is 12.8 Å². The summed E-state index contributed by atoms with van der Waals surface area (Å²) in [4.78, 5) is 30.2. The molecule has 8 heteroatoms. The lowest BCUT2D eigenvalue weighted by molar-refractivity contribution is -0.143. The van der Waals surface area contributed by atoms with Crippen LogP contribution in [0, 0.1) is 5.92 Å². The number of hydrogen-bond donors (Lipinski definition) is 3. The van der Waals surface area contributed by atoms with Crippen LogP contribution >= 0.6 is 0 Å². The third kappa shape index (κ3) is 4.86. The Labute approximate surface area is 155 Å². The van der Waals surface area contributed by atoms with E-state index in [0.29, 0.717) is 18.9 Å². The number of amides is 2. The molecule has 8 nitrogen and oxygen atoms in total. The second-order valence-corrected chi connectivity index (χ2v) is 7.78. The highest BCUT2D eigenvalue weighted by atomic mass is 16.4. The fourth-order valence-electron chi connectivity index (χ4n) is 4.36. The van der Waals surface area contributed by atoms with Gasteiger partial charge in [0.2, 0.25) is 0 Å². The van der Waals surface area contributed by atoms with Crippen molar-refractivity contribution in [3.8, 4) is 0 Å². The Morgan fingerprint density at radius 2 is 1.62 bits per heavy atom. The number of carboxylic acids is 1. The number of piperazine rings is 1. The molecule has 3 fully saturated rings. The van der Waals surface area contributed by atoms with Crippen molar-refractivity contribution >= 4 is 12.0 Å². The molecule has 26 heavy (non-hydrogen) atoms. The number of aliphatic carboxylic acids is 1. The van der Waals surface area contributed by atoms with Gasteiger partial charge in [0.1, 0.15) is 0 Å². The lowest BCUT2D eigenvalue weighted by atomic mass is 9.97. The standard InChI is InChI=1S/C18H33N5O3/c1-14(21-8-4-15(5-9-21)17(24)25)20-18(26)23-12-10-22(11-13-23)16-2-6-19-7-3-16/h14-16,19H,2-13H2,1H3,(H,20,26)(H,24,25). The van der Waals surface area contributed by atoms with E-state index in [4.69, 9.17) is 5.11 Å². The second-order valence-electron chi connectivity index (χ2n) is 7.78. The smallest absolute Gasteiger partial charge is 0.318 e. The van der Waals surface area contributed by atoms with Crippen molar-refractivity contribution in [2.45, 2.75) is 44.8 Å². The predicted octanol–water partition coefficient (Wildman–Crippen LogP) is 0.208. The molecule has 1 unspecified atom stereocenters. The van der Waals surface area contributed by atoms with E-state index in [1.54, 1.807) is 0 Å². The van der Waals surface area contributed by atoms with E-state index in [9.17, 15) is 9.59 Å². The highest BCUT2D eigenvalue weighted by Gasteiger charge is 2.30. The van der Waals surface area contributed by atoms with Crippen molar-refractivity contribution < 1.29 is 14.7 Å². The van der Waals surface area contributed by atoms with Crippen molar-refractivity contribution in [1.29, 1.82) is 0 Å². The number of rotatable bonds is 4. The number of nitrogens with one attached hydrogen (secondary N) is 2. The maximum atomic E-state index is 12.6. The molecule has 0 aromatic heterocycles. The molecule has 148 valence electrons. The van der Waals surface area contributed by atoms with E-state index in [2.05, 4.69) is 20.4 Å². The molecule has 3 aliphatic rings. The molecule has 2 amide bonds. The normalized spacial score (nSPS) is 25.8.